The lowest BCUT2D eigenvalue weighted by molar-refractivity contribution is 1.81. The number of benzene rings is 2. The van der Waals surface area contributed by atoms with Crippen LogP contribution in [0.2, 0.25) is 0 Å². The first-order valence-electron chi connectivity index (χ1n) is 9.45. The molecule has 0 aliphatic heterocycles. The van der Waals surface area contributed by atoms with Gasteiger partial charge in [-0.15, -0.1) is 45.3 Å². The second-order valence-corrected chi connectivity index (χ2v) is 11.6. The van der Waals surface area contributed by atoms with Crippen LogP contribution in [0.25, 0.3) is 69.9 Å². The minimum Gasteiger partial charge on any atom is -0.288 e. The van der Waals surface area contributed by atoms with E-state index in [1.54, 1.807) is 45.3 Å². The molecular weight excluding hydrogens is 449 g/mol. The Balaban J connectivity index is 1.60. The minimum atomic E-state index is 0.154. The monoisotopic (exact) mass is 456 g/mol. The maximum Gasteiger partial charge on any atom is 0.204 e. The zero-order valence-electron chi connectivity index (χ0n) is 15.1. The summed E-state index contributed by atoms with van der Waals surface area (Å²) in [5.41, 5.74) is 0.307. The van der Waals surface area contributed by atoms with Crippen molar-refractivity contribution in [3.8, 4) is 0 Å². The van der Waals surface area contributed by atoms with Gasteiger partial charge in [-0.25, -0.2) is 0 Å². The molecule has 0 amide bonds. The van der Waals surface area contributed by atoms with E-state index < -0.39 is 0 Å². The second kappa shape index (κ2) is 5.15. The van der Waals surface area contributed by atoms with Gasteiger partial charge in [-0.1, -0.05) is 48.5 Å². The Hall–Kier alpha value is -2.64. The Morgan fingerprint density at radius 1 is 0.400 bits per heavy atom. The molecule has 8 rings (SSSR count). The fourth-order valence-corrected chi connectivity index (χ4v) is 10.8. The first-order chi connectivity index (χ1) is 14.7. The lowest BCUT2D eigenvalue weighted by atomic mass is 10.2. The summed E-state index contributed by atoms with van der Waals surface area (Å²) >= 11 is 6.83. The summed E-state index contributed by atoms with van der Waals surface area (Å²) in [4.78, 5) is 25.8. The molecule has 8 aromatic rings. The highest BCUT2D eigenvalue weighted by Gasteiger charge is 2.25. The second-order valence-electron chi connectivity index (χ2n) is 7.54. The van der Waals surface area contributed by atoms with Crippen LogP contribution >= 0.6 is 45.3 Å². The number of rotatable bonds is 0. The third-order valence-corrected chi connectivity index (χ3v) is 11.6. The van der Waals surface area contributed by atoms with Gasteiger partial charge < -0.3 is 0 Å². The molecule has 6 heteroatoms. The van der Waals surface area contributed by atoms with E-state index in [2.05, 4.69) is 12.1 Å². The van der Waals surface area contributed by atoms with Crippen molar-refractivity contribution in [3.63, 3.8) is 0 Å². The van der Waals surface area contributed by atoms with Crippen LogP contribution in [0.5, 0.6) is 0 Å². The van der Waals surface area contributed by atoms with E-state index in [4.69, 9.17) is 0 Å². The van der Waals surface area contributed by atoms with Crippen molar-refractivity contribution >= 4 is 115 Å². The van der Waals surface area contributed by atoms with Crippen LogP contribution in [0.15, 0.2) is 58.1 Å². The average Bonchev–Trinajstić information content (AvgIpc) is 3.55. The molecule has 4 aromatic heterocycles. The molecule has 140 valence electrons. The largest absolute Gasteiger partial charge is 0.288 e. The van der Waals surface area contributed by atoms with E-state index in [1.807, 2.05) is 36.4 Å². The van der Waals surface area contributed by atoms with Gasteiger partial charge in [0.05, 0.1) is 37.6 Å². The van der Waals surface area contributed by atoms with Crippen molar-refractivity contribution in [3.05, 3.63) is 69.0 Å². The standard InChI is InChI=1S/C24H8O2S4/c25-15-11-7-3-1-5-9(11)13-17(15)27-21-19(13)29-24-22-20(30-23(21)24)14-10-6-2-4-8-12(10)16(26)18(14)28-22/h1-8H. The first kappa shape index (κ1) is 16.1. The number of thiophene rings is 4. The van der Waals surface area contributed by atoms with Gasteiger partial charge in [0.15, 0.2) is 0 Å². The highest BCUT2D eigenvalue weighted by atomic mass is 32.1. The molecule has 0 saturated heterocycles. The molecule has 0 aliphatic rings. The van der Waals surface area contributed by atoms with E-state index in [9.17, 15) is 9.59 Å². The Morgan fingerprint density at radius 2 is 0.733 bits per heavy atom. The summed E-state index contributed by atoms with van der Waals surface area (Å²) in [6.45, 7) is 0. The van der Waals surface area contributed by atoms with Crippen LogP contribution in [0.4, 0.5) is 0 Å². The van der Waals surface area contributed by atoms with Gasteiger partial charge in [-0.05, 0) is 10.8 Å². The number of fused-ring (bicyclic) bond motifs is 13. The Bertz CT molecular complexity index is 1950. The molecule has 0 bridgehead atoms. The maximum atomic E-state index is 12.9. The average molecular weight is 457 g/mol. The van der Waals surface area contributed by atoms with E-state index in [0.717, 1.165) is 41.7 Å². The van der Waals surface area contributed by atoms with Gasteiger partial charge >= 0.3 is 0 Å². The number of hydrogen-bond acceptors (Lipinski definition) is 6. The van der Waals surface area contributed by atoms with E-state index >= 15 is 0 Å². The summed E-state index contributed by atoms with van der Waals surface area (Å²) in [6, 6.07) is 15.9. The summed E-state index contributed by atoms with van der Waals surface area (Å²) in [7, 11) is 0. The quantitative estimate of drug-likeness (QED) is 0.235. The minimum absolute atomic E-state index is 0.154. The molecule has 4 aromatic carbocycles. The van der Waals surface area contributed by atoms with Gasteiger partial charge in [0.25, 0.3) is 0 Å². The summed E-state index contributed by atoms with van der Waals surface area (Å²) in [5, 5.41) is 5.99. The van der Waals surface area contributed by atoms with Crippen molar-refractivity contribution in [1.29, 1.82) is 0 Å². The van der Waals surface area contributed by atoms with Crippen molar-refractivity contribution in [1.82, 2.24) is 0 Å². The van der Waals surface area contributed by atoms with Crippen LogP contribution in [0.1, 0.15) is 0 Å². The van der Waals surface area contributed by atoms with Crippen LogP contribution in [-0.4, -0.2) is 0 Å². The third-order valence-electron chi connectivity index (χ3n) is 6.05. The molecule has 0 unspecified atom stereocenters. The fraction of sp³-hybridized carbons (Fsp3) is 0. The van der Waals surface area contributed by atoms with E-state index in [0.29, 0.717) is 0 Å². The van der Waals surface area contributed by atoms with Gasteiger partial charge in [0.1, 0.15) is 0 Å². The van der Waals surface area contributed by atoms with Crippen LogP contribution < -0.4 is 10.9 Å². The van der Waals surface area contributed by atoms with Gasteiger partial charge in [0.2, 0.25) is 10.9 Å². The van der Waals surface area contributed by atoms with Gasteiger partial charge in [0, 0.05) is 21.5 Å². The first-order valence-corrected chi connectivity index (χ1v) is 12.7. The molecule has 30 heavy (non-hydrogen) atoms. The predicted octanol–water partition coefficient (Wildman–Crippen LogP) is 7.60. The molecule has 0 atom stereocenters. The highest BCUT2D eigenvalue weighted by Crippen LogP contribution is 2.54. The zero-order chi connectivity index (χ0) is 19.7. The van der Waals surface area contributed by atoms with Crippen molar-refractivity contribution in [2.24, 2.45) is 0 Å². The molecule has 0 radical (unpaired) electrons. The smallest absolute Gasteiger partial charge is 0.204 e. The molecule has 4 heterocycles. The Morgan fingerprint density at radius 3 is 1.17 bits per heavy atom. The van der Waals surface area contributed by atoms with Crippen LogP contribution in [0.3, 0.4) is 0 Å². The predicted molar refractivity (Wildman–Crippen MR) is 135 cm³/mol. The zero-order valence-corrected chi connectivity index (χ0v) is 18.3. The highest BCUT2D eigenvalue weighted by molar-refractivity contribution is 7.47. The molecular formula is C24H8O2S4. The van der Waals surface area contributed by atoms with E-state index in [1.165, 1.54) is 28.2 Å². The molecule has 0 fully saturated rings. The number of hydrogen-bond donors (Lipinski definition) is 0. The molecule has 0 aliphatic carbocycles. The van der Waals surface area contributed by atoms with Crippen LogP contribution in [0, 0.1) is 0 Å². The molecule has 2 nitrogen and oxygen atoms in total. The molecule has 0 N–H and O–H groups in total. The SMILES string of the molecule is O=c1c2ccccc2c2c1sc1c3sc4c(sc5c(=O)c6ccccc6c54)c3sc12. The summed E-state index contributed by atoms with van der Waals surface area (Å²) in [6.07, 6.45) is 0. The molecule has 0 spiro atoms. The van der Waals surface area contributed by atoms with Crippen molar-refractivity contribution < 1.29 is 0 Å². The Kier molecular flexibility index (Phi) is 2.77. The normalized spacial score (nSPS) is 12.9. The lowest BCUT2D eigenvalue weighted by Gasteiger charge is -1.88. The third kappa shape index (κ3) is 1.65. The summed E-state index contributed by atoms with van der Waals surface area (Å²) < 4.78 is 9.17. The van der Waals surface area contributed by atoms with Gasteiger partial charge in [-0.2, -0.15) is 0 Å². The Labute approximate surface area is 183 Å². The fourth-order valence-electron chi connectivity index (χ4n) is 4.77. The van der Waals surface area contributed by atoms with Crippen molar-refractivity contribution in [2.45, 2.75) is 0 Å². The van der Waals surface area contributed by atoms with E-state index in [-0.39, 0.29) is 10.9 Å². The van der Waals surface area contributed by atoms with Crippen LogP contribution in [-0.2, 0) is 0 Å². The summed E-state index contributed by atoms with van der Waals surface area (Å²) in [5.74, 6) is 0. The lowest BCUT2D eigenvalue weighted by Crippen LogP contribution is -1.90. The van der Waals surface area contributed by atoms with Gasteiger partial charge in [-0.3, -0.25) is 9.59 Å². The topological polar surface area (TPSA) is 34.1 Å². The van der Waals surface area contributed by atoms with Crippen molar-refractivity contribution in [2.75, 3.05) is 0 Å². The maximum absolute atomic E-state index is 12.9. The molecule has 0 saturated carbocycles.